The van der Waals surface area contributed by atoms with Crippen LogP contribution in [0.25, 0.3) is 0 Å². The molecule has 0 fully saturated rings. The second kappa shape index (κ2) is 11.3. The smallest absolute Gasteiger partial charge is 0.335 e. The van der Waals surface area contributed by atoms with Crippen LogP contribution in [0.15, 0.2) is 82.6 Å². The van der Waals surface area contributed by atoms with E-state index in [-0.39, 0.29) is 5.97 Å². The minimum atomic E-state index is -0.584. The number of fused-ring (bicyclic) bond motifs is 2. The molecule has 0 spiro atoms. The third-order valence-corrected chi connectivity index (χ3v) is 6.51. The van der Waals surface area contributed by atoms with Gasteiger partial charge in [0.15, 0.2) is 6.10 Å². The molecule has 1 aliphatic rings. The Kier molecular flexibility index (Phi) is 7.92. The predicted molar refractivity (Wildman–Crippen MR) is 132 cm³/mol. The summed E-state index contributed by atoms with van der Waals surface area (Å²) in [7, 11) is 0. The highest BCUT2D eigenvalue weighted by Crippen LogP contribution is 2.47. The van der Waals surface area contributed by atoms with Gasteiger partial charge < -0.3 is 19.1 Å². The molecule has 0 saturated heterocycles. The first-order chi connectivity index (χ1) is 16.2. The molecule has 0 saturated carbocycles. The maximum Gasteiger partial charge on any atom is 0.335 e. The van der Waals surface area contributed by atoms with Gasteiger partial charge in [-0.1, -0.05) is 48.2 Å². The highest BCUT2D eigenvalue weighted by molar-refractivity contribution is 7.99. The second-order valence-corrected chi connectivity index (χ2v) is 8.67. The molecule has 0 bridgehead atoms. The zero-order valence-corrected chi connectivity index (χ0v) is 19.8. The predicted octanol–water partition coefficient (Wildman–Crippen LogP) is 5.88. The highest BCUT2D eigenvalue weighted by Gasteiger charge is 2.23. The maximum atomic E-state index is 12.1. The third kappa shape index (κ3) is 5.70. The van der Waals surface area contributed by atoms with Crippen LogP contribution in [-0.2, 0) is 20.7 Å². The molecular formula is C27H29NO4S. The van der Waals surface area contributed by atoms with E-state index in [2.05, 4.69) is 53.4 Å². The average Bonchev–Trinajstić information content (AvgIpc) is 2.84. The molecule has 0 radical (unpaired) electrons. The van der Waals surface area contributed by atoms with Crippen molar-refractivity contribution in [3.8, 4) is 5.75 Å². The Balaban J connectivity index is 1.37. The minimum Gasteiger partial charge on any atom is -0.492 e. The van der Waals surface area contributed by atoms with Gasteiger partial charge in [-0.15, -0.1) is 0 Å². The first-order valence-electron chi connectivity index (χ1n) is 11.3. The van der Waals surface area contributed by atoms with Gasteiger partial charge in [-0.25, -0.2) is 4.79 Å². The average molecular weight is 464 g/mol. The fourth-order valence-corrected chi connectivity index (χ4v) is 4.96. The van der Waals surface area contributed by atoms with E-state index in [0.717, 1.165) is 17.9 Å². The van der Waals surface area contributed by atoms with Gasteiger partial charge in [0.05, 0.1) is 24.5 Å². The lowest BCUT2D eigenvalue weighted by Gasteiger charge is -2.32. The van der Waals surface area contributed by atoms with Crippen LogP contribution in [-0.4, -0.2) is 38.4 Å². The van der Waals surface area contributed by atoms with Crippen molar-refractivity contribution in [2.24, 2.45) is 0 Å². The summed E-state index contributed by atoms with van der Waals surface area (Å²) in [5, 5.41) is 0. The molecule has 6 heteroatoms. The highest BCUT2D eigenvalue weighted by atomic mass is 32.2. The Hall–Kier alpha value is -2.96. The summed E-state index contributed by atoms with van der Waals surface area (Å²) in [6.07, 6.45) is -0.106. The molecule has 3 aromatic carbocycles. The SMILES string of the molecule is CCOC(=O)C(Cc1ccc(OCCN2c3ccccc3Sc3ccccc32)cc1)OCC. The van der Waals surface area contributed by atoms with Crippen molar-refractivity contribution in [3.63, 3.8) is 0 Å². The molecular weight excluding hydrogens is 434 g/mol. The summed E-state index contributed by atoms with van der Waals surface area (Å²) in [5.74, 6) is 0.482. The number of hydrogen-bond donors (Lipinski definition) is 0. The van der Waals surface area contributed by atoms with Crippen LogP contribution in [0.3, 0.4) is 0 Å². The van der Waals surface area contributed by atoms with Crippen molar-refractivity contribution in [2.75, 3.05) is 31.3 Å². The summed E-state index contributed by atoms with van der Waals surface area (Å²) < 4.78 is 16.7. The lowest BCUT2D eigenvalue weighted by molar-refractivity contribution is -0.156. The number of rotatable bonds is 10. The molecule has 1 unspecified atom stereocenters. The zero-order valence-electron chi connectivity index (χ0n) is 19.0. The van der Waals surface area contributed by atoms with Crippen LogP contribution >= 0.6 is 11.8 Å². The van der Waals surface area contributed by atoms with E-state index >= 15 is 0 Å². The molecule has 33 heavy (non-hydrogen) atoms. The second-order valence-electron chi connectivity index (χ2n) is 7.58. The van der Waals surface area contributed by atoms with Gasteiger partial charge in [0.1, 0.15) is 12.4 Å². The van der Waals surface area contributed by atoms with E-state index in [1.54, 1.807) is 18.7 Å². The zero-order chi connectivity index (χ0) is 23.0. The van der Waals surface area contributed by atoms with Crippen LogP contribution in [0.4, 0.5) is 11.4 Å². The van der Waals surface area contributed by atoms with Gasteiger partial charge in [-0.05, 0) is 55.8 Å². The van der Waals surface area contributed by atoms with Gasteiger partial charge in [0.25, 0.3) is 0 Å². The number of carbonyl (C=O) groups excluding carboxylic acids is 1. The number of nitrogens with zero attached hydrogens (tertiary/aromatic N) is 1. The first kappa shape index (κ1) is 23.2. The number of esters is 1. The van der Waals surface area contributed by atoms with Gasteiger partial charge >= 0.3 is 5.97 Å². The molecule has 1 heterocycles. The minimum absolute atomic E-state index is 0.320. The lowest BCUT2D eigenvalue weighted by Crippen LogP contribution is -2.29. The number of para-hydroxylation sites is 2. The Morgan fingerprint density at radius 2 is 1.52 bits per heavy atom. The molecule has 5 nitrogen and oxygen atoms in total. The van der Waals surface area contributed by atoms with E-state index in [4.69, 9.17) is 14.2 Å². The van der Waals surface area contributed by atoms with E-state index < -0.39 is 6.10 Å². The van der Waals surface area contributed by atoms with Crippen molar-refractivity contribution >= 4 is 29.1 Å². The molecule has 4 rings (SSSR count). The fourth-order valence-electron chi connectivity index (χ4n) is 3.86. The summed E-state index contributed by atoms with van der Waals surface area (Å²) >= 11 is 1.81. The topological polar surface area (TPSA) is 48.0 Å². The van der Waals surface area contributed by atoms with Crippen LogP contribution in [0, 0.1) is 0 Å². The van der Waals surface area contributed by atoms with Crippen LogP contribution < -0.4 is 9.64 Å². The summed E-state index contributed by atoms with van der Waals surface area (Å²) in [6, 6.07) is 24.8. The number of ether oxygens (including phenoxy) is 3. The molecule has 0 N–H and O–H groups in total. The quantitative estimate of drug-likeness (QED) is 0.350. The van der Waals surface area contributed by atoms with E-state index in [1.165, 1.54) is 21.2 Å². The van der Waals surface area contributed by atoms with Gasteiger partial charge in [-0.2, -0.15) is 0 Å². The van der Waals surface area contributed by atoms with Crippen molar-refractivity contribution < 1.29 is 19.0 Å². The molecule has 172 valence electrons. The summed E-state index contributed by atoms with van der Waals surface area (Å²) in [4.78, 5) is 16.9. The van der Waals surface area contributed by atoms with Crippen molar-refractivity contribution in [3.05, 3.63) is 78.4 Å². The molecule has 3 aromatic rings. The molecule has 1 atom stereocenters. The van der Waals surface area contributed by atoms with Gasteiger partial charge in [0.2, 0.25) is 0 Å². The van der Waals surface area contributed by atoms with Crippen LogP contribution in [0.2, 0.25) is 0 Å². The standard InChI is InChI=1S/C27H29NO4S/c1-3-30-24(27(29)31-4-2)19-20-13-15-21(16-14-20)32-18-17-28-22-9-5-7-11-25(22)33-26-12-8-6-10-23(26)28/h5-16,24H,3-4,17-19H2,1-2H3. The van der Waals surface area contributed by atoms with Crippen LogP contribution in [0.1, 0.15) is 19.4 Å². The molecule has 0 aromatic heterocycles. The van der Waals surface area contributed by atoms with E-state index in [1.807, 2.05) is 31.2 Å². The number of benzene rings is 3. The van der Waals surface area contributed by atoms with E-state index in [0.29, 0.717) is 26.2 Å². The number of hydrogen-bond acceptors (Lipinski definition) is 6. The van der Waals surface area contributed by atoms with Crippen molar-refractivity contribution in [1.29, 1.82) is 0 Å². The first-order valence-corrected chi connectivity index (χ1v) is 12.1. The number of anilines is 2. The molecule has 0 amide bonds. The normalized spacial score (nSPS) is 13.1. The third-order valence-electron chi connectivity index (χ3n) is 5.38. The number of carbonyl (C=O) groups is 1. The fraction of sp³-hybridized carbons (Fsp3) is 0.296. The van der Waals surface area contributed by atoms with Crippen molar-refractivity contribution in [1.82, 2.24) is 0 Å². The summed E-state index contributed by atoms with van der Waals surface area (Å²) in [6.45, 7) is 5.78. The Labute approximate surface area is 199 Å². The monoisotopic (exact) mass is 463 g/mol. The molecule has 1 aliphatic heterocycles. The van der Waals surface area contributed by atoms with E-state index in [9.17, 15) is 4.79 Å². The Bertz CT molecular complexity index is 1020. The largest absolute Gasteiger partial charge is 0.492 e. The molecule has 0 aliphatic carbocycles. The van der Waals surface area contributed by atoms with Gasteiger partial charge in [-0.3, -0.25) is 0 Å². The summed E-state index contributed by atoms with van der Waals surface area (Å²) in [5.41, 5.74) is 3.42. The van der Waals surface area contributed by atoms with Crippen LogP contribution in [0.5, 0.6) is 5.75 Å². The Morgan fingerprint density at radius 3 is 2.12 bits per heavy atom. The van der Waals surface area contributed by atoms with Crippen molar-refractivity contribution in [2.45, 2.75) is 36.2 Å². The lowest BCUT2D eigenvalue weighted by atomic mass is 10.1. The maximum absolute atomic E-state index is 12.1. The Morgan fingerprint density at radius 1 is 0.879 bits per heavy atom. The van der Waals surface area contributed by atoms with Gasteiger partial charge in [0, 0.05) is 22.8 Å².